The van der Waals surface area contributed by atoms with Gasteiger partial charge in [-0.2, -0.15) is 0 Å². The Balaban J connectivity index is 1.01. The van der Waals surface area contributed by atoms with Gasteiger partial charge >= 0.3 is 0 Å². The Kier molecular flexibility index (Phi) is 10.3. The van der Waals surface area contributed by atoms with Crippen molar-refractivity contribution in [2.45, 2.75) is 0 Å². The van der Waals surface area contributed by atoms with E-state index in [1.165, 1.54) is 141 Å². The largest absolute Gasteiger partial charge is 0.309 e. The van der Waals surface area contributed by atoms with Crippen LogP contribution in [0, 0.1) is 0 Å². The number of nitrogens with zero attached hydrogens (tertiary/aromatic N) is 1. The van der Waals surface area contributed by atoms with Crippen molar-refractivity contribution < 1.29 is 0 Å². The molecule has 0 aliphatic heterocycles. The van der Waals surface area contributed by atoms with Crippen LogP contribution in [-0.4, -0.2) is 0 Å². The molecule has 0 heterocycles. The maximum Gasteiger partial charge on any atom is 0.0546 e. The maximum absolute atomic E-state index is 2.55. The predicted octanol–water partition coefficient (Wildman–Crippen LogP) is 22.2. The summed E-state index contributed by atoms with van der Waals surface area (Å²) in [4.78, 5) is 2.55. The van der Waals surface area contributed by atoms with E-state index >= 15 is 0 Å². The zero-order valence-corrected chi connectivity index (χ0v) is 43.2. The van der Waals surface area contributed by atoms with Gasteiger partial charge in [0.1, 0.15) is 0 Å². The first-order valence-corrected chi connectivity index (χ1v) is 27.4. The molecule has 366 valence electrons. The number of hydrogen-bond donors (Lipinski definition) is 0. The lowest BCUT2D eigenvalue weighted by Gasteiger charge is -2.30. The van der Waals surface area contributed by atoms with Crippen LogP contribution in [0.3, 0.4) is 0 Å². The quantitative estimate of drug-likeness (QED) is 0.144. The molecule has 16 aromatic carbocycles. The van der Waals surface area contributed by atoms with Crippen molar-refractivity contribution in [3.63, 3.8) is 0 Å². The molecule has 0 bridgehead atoms. The summed E-state index contributed by atoms with van der Waals surface area (Å²) in [6.07, 6.45) is 0. The van der Waals surface area contributed by atoms with Crippen molar-refractivity contribution in [2.24, 2.45) is 0 Å². The smallest absolute Gasteiger partial charge is 0.0546 e. The molecule has 0 aromatic heterocycles. The molecule has 0 fully saturated rings. The zero-order chi connectivity index (χ0) is 52.0. The minimum absolute atomic E-state index is 1.09. The summed E-state index contributed by atoms with van der Waals surface area (Å²) in [7, 11) is 0. The van der Waals surface area contributed by atoms with Gasteiger partial charge in [0, 0.05) is 16.5 Å². The molecule has 0 saturated carbocycles. The molecule has 0 radical (unpaired) electrons. The molecule has 0 atom stereocenters. The normalized spacial score (nSPS) is 11.8. The van der Waals surface area contributed by atoms with Crippen molar-refractivity contribution in [1.82, 2.24) is 0 Å². The van der Waals surface area contributed by atoms with E-state index < -0.39 is 0 Å². The van der Waals surface area contributed by atoms with E-state index in [9.17, 15) is 0 Å². The first-order valence-electron chi connectivity index (χ1n) is 27.4. The summed E-state index contributed by atoms with van der Waals surface area (Å²) in [5, 5.41) is 22.2. The molecule has 0 saturated heterocycles. The standard InChI is InChI=1S/C78H49N/c1-3-21-50(22-4-1)72-49-71(52-41-39-51(40-42-52)70-45-54-25-7-10-28-58(54)61-31-13-14-34-64(61)70)76(53-23-5-2-6-24-53)78-69-44-43-57(48-73(69)65-35-17-20-38-68(65)77(72)78)79(74-46-55-26-8-11-29-59(55)62-32-15-18-36-66(62)74)75-47-56-27-9-12-30-60(56)63-33-16-19-37-67(63)75/h1-49H. The van der Waals surface area contributed by atoms with Gasteiger partial charge in [0.25, 0.3) is 0 Å². The van der Waals surface area contributed by atoms with Crippen molar-refractivity contribution in [3.05, 3.63) is 297 Å². The van der Waals surface area contributed by atoms with Gasteiger partial charge in [-0.05, 0) is 167 Å². The highest BCUT2D eigenvalue weighted by Gasteiger charge is 2.25. The fourth-order valence-corrected chi connectivity index (χ4v) is 13.2. The molecule has 1 nitrogen and oxygen atoms in total. The van der Waals surface area contributed by atoms with E-state index in [-0.39, 0.29) is 0 Å². The second kappa shape index (κ2) is 18.2. The predicted molar refractivity (Wildman–Crippen MR) is 340 cm³/mol. The fraction of sp³-hybridized carbons (Fsp3) is 0. The van der Waals surface area contributed by atoms with Crippen LogP contribution in [0.1, 0.15) is 0 Å². The van der Waals surface area contributed by atoms with E-state index in [0.717, 1.165) is 17.1 Å². The molecule has 16 rings (SSSR count). The SMILES string of the molecule is c1ccc(-c2cc(-c3ccc(-c4cc5ccccc5c5ccccc45)cc3)c(-c3ccccc3)c3c4ccc(N(c5cc6ccccc6c6ccccc56)c5cc6ccccc6c6ccccc56)cc4c4ccccc4c23)cc1. The van der Waals surface area contributed by atoms with Crippen LogP contribution >= 0.6 is 0 Å². The summed E-state index contributed by atoms with van der Waals surface area (Å²) in [6, 6.07) is 111. The summed E-state index contributed by atoms with van der Waals surface area (Å²) in [5.74, 6) is 0. The number of hydrogen-bond acceptors (Lipinski definition) is 1. The van der Waals surface area contributed by atoms with Gasteiger partial charge in [-0.15, -0.1) is 0 Å². The third-order valence-corrected chi connectivity index (χ3v) is 16.7. The van der Waals surface area contributed by atoms with Gasteiger partial charge in [0.15, 0.2) is 0 Å². The molecular weight excluding hydrogens is 951 g/mol. The van der Waals surface area contributed by atoms with Crippen LogP contribution in [0.5, 0.6) is 0 Å². The summed E-state index contributed by atoms with van der Waals surface area (Å²) < 4.78 is 0. The lowest BCUT2D eigenvalue weighted by molar-refractivity contribution is 1.33. The van der Waals surface area contributed by atoms with Crippen molar-refractivity contribution in [1.29, 1.82) is 0 Å². The van der Waals surface area contributed by atoms with Crippen molar-refractivity contribution in [2.75, 3.05) is 4.90 Å². The minimum atomic E-state index is 1.09. The Morgan fingerprint density at radius 3 is 1.11 bits per heavy atom. The molecule has 0 N–H and O–H groups in total. The Labute approximate surface area is 458 Å². The third-order valence-electron chi connectivity index (χ3n) is 16.7. The van der Waals surface area contributed by atoms with Crippen LogP contribution in [0.15, 0.2) is 297 Å². The number of fused-ring (bicyclic) bond motifs is 15. The summed E-state index contributed by atoms with van der Waals surface area (Å²) >= 11 is 0. The number of anilines is 3. The second-order valence-corrected chi connectivity index (χ2v) is 21.0. The number of benzene rings is 16. The fourth-order valence-electron chi connectivity index (χ4n) is 13.2. The van der Waals surface area contributed by atoms with Crippen LogP contribution in [0.2, 0.25) is 0 Å². The second-order valence-electron chi connectivity index (χ2n) is 21.0. The minimum Gasteiger partial charge on any atom is -0.309 e. The van der Waals surface area contributed by atoms with Gasteiger partial charge in [0.05, 0.1) is 11.4 Å². The number of rotatable bonds is 7. The molecule has 0 aliphatic rings. The molecule has 79 heavy (non-hydrogen) atoms. The average molecular weight is 1000 g/mol. The average Bonchev–Trinajstić information content (AvgIpc) is 3.67. The molecule has 1 heteroatoms. The molecule has 16 aromatic rings. The molecule has 0 amide bonds. The zero-order valence-electron chi connectivity index (χ0n) is 43.2. The van der Waals surface area contributed by atoms with Crippen molar-refractivity contribution >= 4 is 114 Å². The van der Waals surface area contributed by atoms with Gasteiger partial charge in [-0.3, -0.25) is 0 Å². The monoisotopic (exact) mass is 999 g/mol. The molecule has 0 unspecified atom stereocenters. The Hall–Kier alpha value is -10.3. The highest BCUT2D eigenvalue weighted by atomic mass is 15.1. The van der Waals surface area contributed by atoms with Gasteiger partial charge in [-0.25, -0.2) is 0 Å². The first kappa shape index (κ1) is 44.9. The topological polar surface area (TPSA) is 3.24 Å². The van der Waals surface area contributed by atoms with Gasteiger partial charge in [0.2, 0.25) is 0 Å². The lowest BCUT2D eigenvalue weighted by Crippen LogP contribution is -2.11. The summed E-state index contributed by atoms with van der Waals surface area (Å²) in [5.41, 5.74) is 13.0. The highest BCUT2D eigenvalue weighted by molar-refractivity contribution is 6.33. The highest BCUT2D eigenvalue weighted by Crippen LogP contribution is 2.52. The van der Waals surface area contributed by atoms with E-state index in [2.05, 4.69) is 302 Å². The molecule has 0 spiro atoms. The Morgan fingerprint density at radius 1 is 0.190 bits per heavy atom. The van der Waals surface area contributed by atoms with Gasteiger partial charge in [-0.1, -0.05) is 261 Å². The van der Waals surface area contributed by atoms with E-state index in [1.807, 2.05) is 0 Å². The van der Waals surface area contributed by atoms with Crippen molar-refractivity contribution in [3.8, 4) is 44.5 Å². The molecule has 0 aliphatic carbocycles. The Morgan fingerprint density at radius 2 is 0.570 bits per heavy atom. The van der Waals surface area contributed by atoms with Crippen LogP contribution in [0.25, 0.3) is 141 Å². The van der Waals surface area contributed by atoms with Crippen LogP contribution in [-0.2, 0) is 0 Å². The van der Waals surface area contributed by atoms with Crippen LogP contribution in [0.4, 0.5) is 17.1 Å². The lowest BCUT2D eigenvalue weighted by atomic mass is 9.81. The van der Waals surface area contributed by atoms with E-state index in [1.54, 1.807) is 0 Å². The first-order chi connectivity index (χ1) is 39.2. The van der Waals surface area contributed by atoms with Crippen LogP contribution < -0.4 is 4.90 Å². The van der Waals surface area contributed by atoms with E-state index in [4.69, 9.17) is 0 Å². The third kappa shape index (κ3) is 7.17. The summed E-state index contributed by atoms with van der Waals surface area (Å²) in [6.45, 7) is 0. The maximum atomic E-state index is 2.55. The Bertz CT molecular complexity index is 5000. The molecular formula is C78H49N. The van der Waals surface area contributed by atoms with E-state index in [0.29, 0.717) is 0 Å². The van der Waals surface area contributed by atoms with Gasteiger partial charge < -0.3 is 4.90 Å².